The Morgan fingerprint density at radius 3 is 2.05 bits per heavy atom. The van der Waals surface area contributed by atoms with Crippen LogP contribution in [0.4, 0.5) is 0 Å². The quantitative estimate of drug-likeness (QED) is 0.749. The maximum atomic E-state index is 12.2. The zero-order valence-electron chi connectivity index (χ0n) is 11.4. The van der Waals surface area contributed by atoms with E-state index in [9.17, 15) is 13.2 Å². The first-order valence-electron chi connectivity index (χ1n) is 6.24. The molecule has 0 fully saturated rings. The minimum atomic E-state index is -3.47. The number of sulfonamides is 1. The summed E-state index contributed by atoms with van der Waals surface area (Å²) in [4.78, 5) is 11.7. The zero-order valence-corrected chi connectivity index (χ0v) is 12.2. The van der Waals surface area contributed by atoms with Gasteiger partial charge in [-0.2, -0.15) is 4.31 Å². The summed E-state index contributed by atoms with van der Waals surface area (Å²) in [6, 6.07) is 5.79. The lowest BCUT2D eigenvalue weighted by Gasteiger charge is -2.18. The molecule has 6 heteroatoms. The van der Waals surface area contributed by atoms with Gasteiger partial charge in [0.15, 0.2) is 0 Å². The number of carbonyl (C=O) groups excluding carboxylic acids is 1. The van der Waals surface area contributed by atoms with Crippen molar-refractivity contribution in [1.82, 2.24) is 4.31 Å². The second-order valence-electron chi connectivity index (χ2n) is 3.83. The number of carbonyl (C=O) groups is 1. The molecule has 0 bridgehead atoms. The fourth-order valence-corrected chi connectivity index (χ4v) is 3.15. The van der Waals surface area contributed by atoms with Crippen molar-refractivity contribution in [2.24, 2.45) is 0 Å². The van der Waals surface area contributed by atoms with Gasteiger partial charge in [-0.25, -0.2) is 13.2 Å². The summed E-state index contributed by atoms with van der Waals surface area (Å²) in [5, 5.41) is 0. The molecule has 0 saturated carbocycles. The van der Waals surface area contributed by atoms with Crippen molar-refractivity contribution in [3.63, 3.8) is 0 Å². The molecule has 0 N–H and O–H groups in total. The number of esters is 1. The molecule has 0 aromatic heterocycles. The molecule has 0 amide bonds. The summed E-state index contributed by atoms with van der Waals surface area (Å²) < 4.78 is 30.6. The Hall–Kier alpha value is -1.40. The first-order chi connectivity index (χ1) is 8.97. The van der Waals surface area contributed by atoms with Gasteiger partial charge in [-0.15, -0.1) is 0 Å². The Labute approximate surface area is 114 Å². The van der Waals surface area contributed by atoms with Crippen LogP contribution in [0.2, 0.25) is 0 Å². The molecule has 0 aliphatic carbocycles. The number of benzene rings is 1. The first kappa shape index (κ1) is 15.7. The second kappa shape index (κ2) is 6.68. The highest BCUT2D eigenvalue weighted by atomic mass is 32.2. The monoisotopic (exact) mass is 285 g/mol. The molecule has 0 aliphatic heterocycles. The lowest BCUT2D eigenvalue weighted by molar-refractivity contribution is 0.0526. The third-order valence-electron chi connectivity index (χ3n) is 2.71. The van der Waals surface area contributed by atoms with Gasteiger partial charge in [0.05, 0.1) is 17.1 Å². The molecule has 1 aromatic rings. The maximum Gasteiger partial charge on any atom is 0.338 e. The minimum absolute atomic E-state index is 0.184. The SMILES string of the molecule is CCOC(=O)c1ccc(S(=O)(=O)N(CC)CC)cc1. The second-order valence-corrected chi connectivity index (χ2v) is 5.77. The van der Waals surface area contributed by atoms with Crippen molar-refractivity contribution in [1.29, 1.82) is 0 Å². The van der Waals surface area contributed by atoms with E-state index in [0.29, 0.717) is 25.3 Å². The highest BCUT2D eigenvalue weighted by Crippen LogP contribution is 2.16. The third-order valence-corrected chi connectivity index (χ3v) is 4.77. The van der Waals surface area contributed by atoms with Crippen LogP contribution in [0.3, 0.4) is 0 Å². The summed E-state index contributed by atoms with van der Waals surface area (Å²) >= 11 is 0. The van der Waals surface area contributed by atoms with Gasteiger partial charge in [-0.05, 0) is 31.2 Å². The molecule has 0 heterocycles. The Morgan fingerprint density at radius 2 is 1.63 bits per heavy atom. The predicted octanol–water partition coefficient (Wildman–Crippen LogP) is 1.89. The van der Waals surface area contributed by atoms with Crippen molar-refractivity contribution in [3.8, 4) is 0 Å². The Balaban J connectivity index is 3.02. The average molecular weight is 285 g/mol. The molecule has 5 nitrogen and oxygen atoms in total. The highest BCUT2D eigenvalue weighted by molar-refractivity contribution is 7.89. The van der Waals surface area contributed by atoms with Crippen LogP contribution in [0.5, 0.6) is 0 Å². The van der Waals surface area contributed by atoms with Gasteiger partial charge in [0.1, 0.15) is 0 Å². The summed E-state index contributed by atoms with van der Waals surface area (Å²) in [6.07, 6.45) is 0. The van der Waals surface area contributed by atoms with E-state index in [1.165, 1.54) is 28.6 Å². The van der Waals surface area contributed by atoms with Crippen LogP contribution in [0.1, 0.15) is 31.1 Å². The lowest BCUT2D eigenvalue weighted by atomic mass is 10.2. The molecular weight excluding hydrogens is 266 g/mol. The normalized spacial score (nSPS) is 11.6. The predicted molar refractivity (Wildman–Crippen MR) is 72.5 cm³/mol. The van der Waals surface area contributed by atoms with Crippen LogP contribution >= 0.6 is 0 Å². The first-order valence-corrected chi connectivity index (χ1v) is 7.68. The van der Waals surface area contributed by atoms with Gasteiger partial charge in [0.25, 0.3) is 0 Å². The van der Waals surface area contributed by atoms with E-state index in [1.54, 1.807) is 20.8 Å². The molecule has 0 spiro atoms. The van der Waals surface area contributed by atoms with Crippen molar-refractivity contribution < 1.29 is 17.9 Å². The van der Waals surface area contributed by atoms with Crippen molar-refractivity contribution in [3.05, 3.63) is 29.8 Å². The molecule has 19 heavy (non-hydrogen) atoms. The van der Waals surface area contributed by atoms with Gasteiger partial charge < -0.3 is 4.74 Å². The van der Waals surface area contributed by atoms with Crippen LogP contribution in [0.25, 0.3) is 0 Å². The van der Waals surface area contributed by atoms with Gasteiger partial charge in [-0.1, -0.05) is 13.8 Å². The van der Waals surface area contributed by atoms with E-state index in [0.717, 1.165) is 0 Å². The Bertz CT molecular complexity index is 518. The lowest BCUT2D eigenvalue weighted by Crippen LogP contribution is -2.30. The molecule has 1 aromatic carbocycles. The van der Waals surface area contributed by atoms with Crippen LogP contribution < -0.4 is 0 Å². The van der Waals surface area contributed by atoms with Gasteiger partial charge in [-0.3, -0.25) is 0 Å². The van der Waals surface area contributed by atoms with Crippen molar-refractivity contribution >= 4 is 16.0 Å². The molecule has 0 radical (unpaired) electrons. The average Bonchev–Trinajstić information content (AvgIpc) is 2.40. The Kier molecular flexibility index (Phi) is 5.50. The van der Waals surface area contributed by atoms with E-state index < -0.39 is 16.0 Å². The number of rotatable bonds is 6. The molecule has 0 atom stereocenters. The van der Waals surface area contributed by atoms with E-state index in [1.807, 2.05) is 0 Å². The van der Waals surface area contributed by atoms with Gasteiger partial charge in [0.2, 0.25) is 10.0 Å². The van der Waals surface area contributed by atoms with Gasteiger partial charge >= 0.3 is 5.97 Å². The number of hydrogen-bond donors (Lipinski definition) is 0. The smallest absolute Gasteiger partial charge is 0.338 e. The van der Waals surface area contributed by atoms with Crippen LogP contribution in [-0.4, -0.2) is 38.4 Å². The van der Waals surface area contributed by atoms with E-state index in [4.69, 9.17) is 4.74 Å². The zero-order chi connectivity index (χ0) is 14.5. The summed E-state index contributed by atoms with van der Waals surface area (Å²) in [6.45, 7) is 6.41. The Morgan fingerprint density at radius 1 is 1.11 bits per heavy atom. The highest BCUT2D eigenvalue weighted by Gasteiger charge is 2.21. The number of ether oxygens (including phenoxy) is 1. The minimum Gasteiger partial charge on any atom is -0.462 e. The van der Waals surface area contributed by atoms with E-state index in [-0.39, 0.29) is 4.90 Å². The number of nitrogens with zero attached hydrogens (tertiary/aromatic N) is 1. The molecule has 1 rings (SSSR count). The topological polar surface area (TPSA) is 63.7 Å². The summed E-state index contributed by atoms with van der Waals surface area (Å²) in [7, 11) is -3.47. The van der Waals surface area contributed by atoms with Crippen molar-refractivity contribution in [2.45, 2.75) is 25.7 Å². The maximum absolute atomic E-state index is 12.2. The summed E-state index contributed by atoms with van der Waals surface area (Å²) in [5.74, 6) is -0.450. The fraction of sp³-hybridized carbons (Fsp3) is 0.462. The standard InChI is InChI=1S/C13H19NO4S/c1-4-14(5-2)19(16,17)12-9-7-11(8-10-12)13(15)18-6-3/h7-10H,4-6H2,1-3H3. The molecule has 0 saturated heterocycles. The molecular formula is C13H19NO4S. The van der Waals surface area contributed by atoms with Crippen LogP contribution in [0.15, 0.2) is 29.2 Å². The van der Waals surface area contributed by atoms with E-state index >= 15 is 0 Å². The van der Waals surface area contributed by atoms with Crippen molar-refractivity contribution in [2.75, 3.05) is 19.7 Å². The van der Waals surface area contributed by atoms with Crippen LogP contribution in [0, 0.1) is 0 Å². The number of hydrogen-bond acceptors (Lipinski definition) is 4. The molecule has 0 unspecified atom stereocenters. The molecule has 106 valence electrons. The largest absolute Gasteiger partial charge is 0.462 e. The third kappa shape index (κ3) is 3.54. The molecule has 0 aliphatic rings. The van der Waals surface area contributed by atoms with Crippen LogP contribution in [-0.2, 0) is 14.8 Å². The fourth-order valence-electron chi connectivity index (χ4n) is 1.69. The van der Waals surface area contributed by atoms with E-state index in [2.05, 4.69) is 0 Å². The summed E-state index contributed by atoms with van der Waals surface area (Å²) in [5.41, 5.74) is 0.348. The van der Waals surface area contributed by atoms with Gasteiger partial charge in [0, 0.05) is 13.1 Å².